The summed E-state index contributed by atoms with van der Waals surface area (Å²) in [6.07, 6.45) is 5.20. The van der Waals surface area contributed by atoms with Gasteiger partial charge < -0.3 is 0 Å². The van der Waals surface area contributed by atoms with Gasteiger partial charge in [0, 0.05) is 0 Å². The van der Waals surface area contributed by atoms with Gasteiger partial charge in [0.05, 0.1) is 0 Å². The Bertz CT molecular complexity index is 594. The monoisotopic (exact) mass is 389 g/mol. The van der Waals surface area contributed by atoms with E-state index in [4.69, 9.17) is 10.8 Å². The van der Waals surface area contributed by atoms with Gasteiger partial charge in [-0.3, -0.25) is 0 Å². The molecule has 0 bridgehead atoms. The van der Waals surface area contributed by atoms with Crippen molar-refractivity contribution in [3.05, 3.63) is 33.7 Å². The Morgan fingerprint density at radius 2 is 2.04 bits per heavy atom. The number of aliphatic imine (C=N–C) groups is 1. The summed E-state index contributed by atoms with van der Waals surface area (Å²) in [5.41, 5.74) is 6.74. The van der Waals surface area contributed by atoms with Gasteiger partial charge in [0.25, 0.3) is 0 Å². The number of rotatable bonds is 8. The topological polar surface area (TPSA) is 131 Å². The first-order valence-corrected chi connectivity index (χ1v) is 11.3. The second-order valence-electron chi connectivity index (χ2n) is 5.07. The van der Waals surface area contributed by atoms with Crippen LogP contribution in [0, 0.1) is 10.1 Å². The molecule has 0 saturated carbocycles. The fraction of sp³-hybridized carbons (Fsp3) is 0.500. The predicted octanol–water partition coefficient (Wildman–Crippen LogP) is 1.78. The molecule has 0 aromatic heterocycles. The van der Waals surface area contributed by atoms with Crippen LogP contribution in [0.3, 0.4) is 0 Å². The van der Waals surface area contributed by atoms with Crippen molar-refractivity contribution in [1.82, 2.24) is 0 Å². The molecule has 0 aromatic rings. The first-order chi connectivity index (χ1) is 10.8. The molecule has 1 radical (unpaired) electrons. The van der Waals surface area contributed by atoms with Crippen molar-refractivity contribution in [3.8, 4) is 0 Å². The van der Waals surface area contributed by atoms with Gasteiger partial charge in [-0.05, 0) is 0 Å². The zero-order valence-corrected chi connectivity index (χ0v) is 14.9. The number of carboxylic acids is 1. The molecule has 3 N–H and O–H groups in total. The molecule has 1 aliphatic rings. The molecule has 0 spiro atoms. The Balaban J connectivity index is 2.78. The molecule has 0 fully saturated rings. The summed E-state index contributed by atoms with van der Waals surface area (Å²) in [6.45, 7) is 0.511. The summed E-state index contributed by atoms with van der Waals surface area (Å²) >= 11 is -1.24. The van der Waals surface area contributed by atoms with Crippen LogP contribution in [-0.2, 0) is 4.79 Å². The van der Waals surface area contributed by atoms with Gasteiger partial charge in [0.1, 0.15) is 0 Å². The number of carboxylic acid groups (broad SMARTS) is 1. The van der Waals surface area contributed by atoms with E-state index in [-0.39, 0.29) is 17.8 Å². The molecule has 0 amide bonds. The zero-order chi connectivity index (χ0) is 17.4. The zero-order valence-electron chi connectivity index (χ0n) is 13.2. The van der Waals surface area contributed by atoms with Crippen LogP contribution in [0.2, 0.25) is 11.6 Å². The Hall–Kier alpha value is -1.99. The average Bonchev–Trinajstić information content (AvgIpc) is 2.44. The van der Waals surface area contributed by atoms with Gasteiger partial charge in [-0.2, -0.15) is 0 Å². The molecule has 9 heteroatoms. The van der Waals surface area contributed by atoms with Crippen LogP contribution in [0.4, 0.5) is 0 Å². The fourth-order valence-electron chi connectivity index (χ4n) is 1.92. The molecule has 0 aliphatic heterocycles. The number of hydrogen-bond donors (Lipinski definition) is 2. The number of carbonyl (C=O) groups is 1. The predicted molar refractivity (Wildman–Crippen MR) is 90.7 cm³/mol. The SMILES string of the molecule is C[Se](C)/N=C1/C(=NCCCCCC(=O)O)C=CC([N+](=O)[O-])=C1N. The van der Waals surface area contributed by atoms with Gasteiger partial charge in [0.15, 0.2) is 0 Å². The van der Waals surface area contributed by atoms with E-state index in [2.05, 4.69) is 9.00 Å². The molecule has 8 nitrogen and oxygen atoms in total. The van der Waals surface area contributed by atoms with Crippen LogP contribution in [0.25, 0.3) is 0 Å². The van der Waals surface area contributed by atoms with Crippen molar-refractivity contribution < 1.29 is 14.8 Å². The third-order valence-corrected chi connectivity index (χ3v) is 4.12. The number of nitro groups is 1. The molecule has 1 rings (SSSR count). The van der Waals surface area contributed by atoms with Crippen molar-refractivity contribution in [2.24, 2.45) is 14.7 Å². The summed E-state index contributed by atoms with van der Waals surface area (Å²) in [4.78, 5) is 25.3. The van der Waals surface area contributed by atoms with Crippen LogP contribution in [-0.4, -0.2) is 48.1 Å². The van der Waals surface area contributed by atoms with Crippen LogP contribution < -0.4 is 5.73 Å². The average molecular weight is 388 g/mol. The van der Waals surface area contributed by atoms with Crippen LogP contribution >= 0.6 is 0 Å². The third-order valence-electron chi connectivity index (χ3n) is 2.97. The van der Waals surface area contributed by atoms with E-state index in [0.717, 1.165) is 12.8 Å². The summed E-state index contributed by atoms with van der Waals surface area (Å²) in [7, 11) is 0. The number of unbranched alkanes of at least 4 members (excludes halogenated alkanes) is 2. The minimum atomic E-state index is -1.24. The number of allylic oxidation sites excluding steroid dienone is 3. The van der Waals surface area contributed by atoms with E-state index in [1.54, 1.807) is 6.08 Å². The van der Waals surface area contributed by atoms with Gasteiger partial charge >= 0.3 is 139 Å². The number of aliphatic carboxylic acids is 1. The van der Waals surface area contributed by atoms with Gasteiger partial charge in [-0.15, -0.1) is 0 Å². The van der Waals surface area contributed by atoms with Gasteiger partial charge in [0.2, 0.25) is 0 Å². The van der Waals surface area contributed by atoms with E-state index in [9.17, 15) is 14.9 Å². The summed E-state index contributed by atoms with van der Waals surface area (Å²) in [5, 5.41) is 19.5. The first-order valence-electron chi connectivity index (χ1n) is 7.08. The van der Waals surface area contributed by atoms with Crippen molar-refractivity contribution in [1.29, 1.82) is 0 Å². The summed E-state index contributed by atoms with van der Waals surface area (Å²) < 4.78 is 4.46. The molecule has 23 heavy (non-hydrogen) atoms. The van der Waals surface area contributed by atoms with E-state index >= 15 is 0 Å². The molecule has 127 valence electrons. The number of nitrogens with zero attached hydrogens (tertiary/aromatic N) is 3. The molecule has 0 atom stereocenters. The van der Waals surface area contributed by atoms with Crippen LogP contribution in [0.15, 0.2) is 32.5 Å². The summed E-state index contributed by atoms with van der Waals surface area (Å²) in [5.74, 6) is 3.16. The molecule has 0 unspecified atom stereocenters. The molecular weight excluding hydrogens is 367 g/mol. The fourth-order valence-corrected chi connectivity index (χ4v) is 3.08. The van der Waals surface area contributed by atoms with E-state index < -0.39 is 25.0 Å². The maximum atomic E-state index is 11.0. The molecule has 0 aromatic carbocycles. The van der Waals surface area contributed by atoms with Crippen LogP contribution in [0.1, 0.15) is 25.7 Å². The maximum absolute atomic E-state index is 11.0. The molecule has 1 aliphatic carbocycles. The first kappa shape index (κ1) is 19.1. The minimum absolute atomic E-state index is 0.0552. The summed E-state index contributed by atoms with van der Waals surface area (Å²) in [6, 6.07) is 0. The molecular formula is C14H21N4O4Se. The van der Waals surface area contributed by atoms with Crippen LogP contribution in [0.5, 0.6) is 0 Å². The van der Waals surface area contributed by atoms with Gasteiger partial charge in [-0.1, -0.05) is 0 Å². The van der Waals surface area contributed by atoms with Crippen molar-refractivity contribution >= 4 is 31.5 Å². The molecule has 0 saturated heterocycles. The van der Waals surface area contributed by atoms with Crippen molar-refractivity contribution in [3.63, 3.8) is 0 Å². The Labute approximate surface area is 139 Å². The second-order valence-corrected chi connectivity index (χ2v) is 8.70. The van der Waals surface area contributed by atoms with E-state index in [1.807, 2.05) is 11.6 Å². The van der Waals surface area contributed by atoms with Crippen molar-refractivity contribution in [2.75, 3.05) is 6.54 Å². The Morgan fingerprint density at radius 1 is 1.35 bits per heavy atom. The second kappa shape index (κ2) is 9.22. The standard InChI is InChI=1S/C14H21N4O4Se/c1-23(2)17-14-10(7-8-11(13(14)15)18(21)22)16-9-5-3-4-6-12(19)20/h7-8H,3-6,9,15H2,1-2H3,(H,19,20)/b16-10?,17-14-. The quantitative estimate of drug-likeness (QED) is 0.215. The Kier molecular flexibility index (Phi) is 7.64. The molecule has 0 heterocycles. The van der Waals surface area contributed by atoms with Gasteiger partial charge in [-0.25, -0.2) is 0 Å². The van der Waals surface area contributed by atoms with Crippen molar-refractivity contribution in [2.45, 2.75) is 37.3 Å². The normalized spacial score (nSPS) is 18.2. The van der Waals surface area contributed by atoms with E-state index in [1.165, 1.54) is 6.08 Å². The number of nitrogens with two attached hydrogens (primary N) is 1. The Morgan fingerprint density at radius 3 is 2.61 bits per heavy atom. The third kappa shape index (κ3) is 6.33. The van der Waals surface area contributed by atoms with E-state index in [0.29, 0.717) is 24.4 Å². The number of hydrogen-bond acceptors (Lipinski definition) is 6.